The first-order chi connectivity index (χ1) is 32.0. The molecule has 9 rings (SSSR count). The Balaban J connectivity index is 0.758. The smallest absolute Gasteiger partial charge is 0.349 e. The average Bonchev–Trinajstić information content (AvgIpc) is 3.60. The number of hydrogen-bond acceptors (Lipinski definition) is 11. The Labute approximate surface area is 393 Å². The predicted molar refractivity (Wildman–Crippen MR) is 256 cm³/mol. The second kappa shape index (κ2) is 20.0. The summed E-state index contributed by atoms with van der Waals surface area (Å²) in [6, 6.07) is 34.1. The van der Waals surface area contributed by atoms with Crippen molar-refractivity contribution in [3.05, 3.63) is 157 Å². The first-order valence-electron chi connectivity index (χ1n) is 23.1. The number of hydrogen-bond donors (Lipinski definition) is 4. The molecule has 3 aromatic heterocycles. The number of carbonyl (C=O) groups excluding carboxylic acids is 2. The van der Waals surface area contributed by atoms with Gasteiger partial charge in [0.25, 0.3) is 0 Å². The number of epoxide rings is 1. The predicted octanol–water partition coefficient (Wildman–Crippen LogP) is 7.09. The number of morpholine rings is 1. The lowest BCUT2D eigenvalue weighted by atomic mass is 9.93. The molecule has 12 nitrogen and oxygen atoms in total. The highest BCUT2D eigenvalue weighted by Gasteiger charge is 2.72. The van der Waals surface area contributed by atoms with Gasteiger partial charge in [0.1, 0.15) is 42.8 Å². The molecule has 6 atom stereocenters. The molecule has 3 aliphatic heterocycles. The van der Waals surface area contributed by atoms with Crippen molar-refractivity contribution < 1.29 is 38.5 Å². The van der Waals surface area contributed by atoms with Crippen LogP contribution in [0.4, 0.5) is 0 Å². The SMILES string of the molecule is CN(CC[N+]1(C)C2CC(OC(=O)C(O)(c3cccs3)c3cccs3)CC1C1OC12)C(=O)CCCCCNC(Cc1ccccc1)[C@H](O)c1ccc(OCc2ccccc2)c2[nH]c(=O)ccc12. The van der Waals surface area contributed by atoms with E-state index in [0.29, 0.717) is 72.0 Å². The fourth-order valence-corrected chi connectivity index (χ4v) is 12.0. The summed E-state index contributed by atoms with van der Waals surface area (Å²) in [6.45, 7) is 2.40. The Morgan fingerprint density at radius 3 is 2.20 bits per heavy atom. The van der Waals surface area contributed by atoms with Crippen molar-refractivity contribution in [3.63, 3.8) is 0 Å². The third kappa shape index (κ3) is 9.64. The van der Waals surface area contributed by atoms with Gasteiger partial charge in [-0.2, -0.15) is 0 Å². The number of benzene rings is 3. The normalized spacial score (nSPS) is 22.9. The molecule has 2 bridgehead atoms. The Morgan fingerprint density at radius 1 is 0.879 bits per heavy atom. The van der Waals surface area contributed by atoms with Gasteiger partial charge in [0.15, 0.2) is 0 Å². The molecule has 3 saturated heterocycles. The molecule has 14 heteroatoms. The number of carbonyl (C=O) groups is 2. The van der Waals surface area contributed by atoms with Gasteiger partial charge in [-0.25, -0.2) is 4.79 Å². The molecule has 66 heavy (non-hydrogen) atoms. The summed E-state index contributed by atoms with van der Waals surface area (Å²) in [5.41, 5.74) is 1.27. The first kappa shape index (κ1) is 45.9. The number of quaternary nitrogens is 1. The second-order valence-corrected chi connectivity index (χ2v) is 20.2. The summed E-state index contributed by atoms with van der Waals surface area (Å²) in [4.78, 5) is 45.6. The van der Waals surface area contributed by atoms with E-state index in [1.54, 1.807) is 18.2 Å². The molecular weight excluding hydrogens is 873 g/mol. The Hall–Kier alpha value is -5.19. The third-order valence-electron chi connectivity index (χ3n) is 14.1. The van der Waals surface area contributed by atoms with Crippen LogP contribution in [-0.2, 0) is 37.7 Å². The van der Waals surface area contributed by atoms with Gasteiger partial charge in [-0.3, -0.25) is 9.59 Å². The number of aliphatic hydroxyl groups excluding tert-OH is 1. The number of piperidine rings is 1. The van der Waals surface area contributed by atoms with Crippen LogP contribution in [0.3, 0.4) is 0 Å². The van der Waals surface area contributed by atoms with Gasteiger partial charge < -0.3 is 44.1 Å². The molecule has 0 radical (unpaired) electrons. The van der Waals surface area contributed by atoms with Crippen molar-refractivity contribution >= 4 is 45.5 Å². The lowest BCUT2D eigenvalue weighted by Crippen LogP contribution is -2.64. The summed E-state index contributed by atoms with van der Waals surface area (Å²) in [5.74, 6) is 0.0279. The summed E-state index contributed by atoms with van der Waals surface area (Å²) in [5, 5.41) is 31.9. The van der Waals surface area contributed by atoms with Crippen molar-refractivity contribution in [1.82, 2.24) is 15.2 Å². The molecule has 5 unspecified atom stereocenters. The van der Waals surface area contributed by atoms with Gasteiger partial charge >= 0.3 is 5.97 Å². The number of rotatable bonds is 21. The van der Waals surface area contributed by atoms with Crippen LogP contribution < -0.4 is 15.6 Å². The molecule has 6 aromatic rings. The number of likely N-dealkylation sites (N-methyl/N-ethyl adjacent to an activating group) is 2. The zero-order chi connectivity index (χ0) is 45.8. The lowest BCUT2D eigenvalue weighted by Gasteiger charge is -2.48. The first-order valence-corrected chi connectivity index (χ1v) is 24.8. The topological polar surface area (TPSA) is 154 Å². The zero-order valence-electron chi connectivity index (χ0n) is 37.4. The van der Waals surface area contributed by atoms with Gasteiger partial charge in [0.05, 0.1) is 41.5 Å². The number of aromatic nitrogens is 1. The minimum atomic E-state index is -1.84. The molecule has 1 amide bonds. The van der Waals surface area contributed by atoms with Crippen LogP contribution in [-0.4, -0.2) is 107 Å². The van der Waals surface area contributed by atoms with Crippen molar-refractivity contribution in [2.75, 3.05) is 33.7 Å². The Bertz CT molecular complexity index is 2570. The standard InChI is InChI=1S/C52H58N4O8S2/c1-55(26-27-56(2)40-31-36(32-41(56)50-49(40)64-50)63-51(60)52(61,43-18-12-28-65-43)44-19-13-29-66-44)46(58)20-10-5-11-25-53-39(30-34-14-6-3-7-15-34)48(59)38-21-23-42(47-37(38)22-24-45(57)54-47)62-33-35-16-8-4-9-17-35/h3-4,6-9,12-19,21-24,28-29,36,39-41,48-50,53,59,61H,5,10-11,20,25-27,30-33H2,1-2H3/p+1/t36?,39?,40?,41?,48-,49?,50?,56?/m1/s1. The van der Waals surface area contributed by atoms with E-state index in [0.717, 1.165) is 46.8 Å². The highest BCUT2D eigenvalue weighted by molar-refractivity contribution is 7.12. The van der Waals surface area contributed by atoms with Crippen LogP contribution in [0.15, 0.2) is 125 Å². The molecular formula is C52H59N4O8S2+. The van der Waals surface area contributed by atoms with Crippen molar-refractivity contribution in [1.29, 1.82) is 0 Å². The van der Waals surface area contributed by atoms with E-state index in [1.807, 2.05) is 95.5 Å². The maximum atomic E-state index is 13.8. The quantitative estimate of drug-likeness (QED) is 0.0257. The van der Waals surface area contributed by atoms with Gasteiger partial charge in [-0.1, -0.05) is 85.3 Å². The molecule has 3 fully saturated rings. The lowest BCUT2D eigenvalue weighted by molar-refractivity contribution is -0.955. The number of nitrogens with one attached hydrogen (secondary N) is 2. The van der Waals surface area contributed by atoms with Crippen LogP contribution in [0.25, 0.3) is 10.9 Å². The van der Waals surface area contributed by atoms with E-state index in [4.69, 9.17) is 14.2 Å². The molecule has 346 valence electrons. The van der Waals surface area contributed by atoms with Crippen LogP contribution >= 0.6 is 22.7 Å². The molecule has 3 aliphatic rings. The number of aromatic amines is 1. The second-order valence-electron chi connectivity index (χ2n) is 18.3. The van der Waals surface area contributed by atoms with Gasteiger partial charge in [0, 0.05) is 43.8 Å². The summed E-state index contributed by atoms with van der Waals surface area (Å²) < 4.78 is 19.2. The number of fused-ring (bicyclic) bond motifs is 6. The Kier molecular flexibility index (Phi) is 13.9. The fraction of sp³-hybridized carbons (Fsp3) is 0.404. The zero-order valence-corrected chi connectivity index (χ0v) is 39.1. The third-order valence-corrected chi connectivity index (χ3v) is 16.1. The summed E-state index contributed by atoms with van der Waals surface area (Å²) in [7, 11) is 4.14. The molecule has 0 spiro atoms. The number of esters is 1. The minimum Gasteiger partial charge on any atom is -0.487 e. The molecule has 0 aliphatic carbocycles. The largest absolute Gasteiger partial charge is 0.487 e. The number of pyridine rings is 1. The van der Waals surface area contributed by atoms with Crippen LogP contribution in [0.1, 0.15) is 71.1 Å². The number of thiophene rings is 2. The number of ether oxygens (including phenoxy) is 3. The number of amides is 1. The number of H-pyrrole nitrogens is 1. The van der Waals surface area contributed by atoms with E-state index >= 15 is 0 Å². The number of unbranched alkanes of at least 4 members (excludes halogenated alkanes) is 2. The fourth-order valence-electron chi connectivity index (χ4n) is 10.3. The number of aliphatic hydroxyl groups is 2. The summed E-state index contributed by atoms with van der Waals surface area (Å²) in [6.07, 6.45) is 3.81. The van der Waals surface area contributed by atoms with Crippen LogP contribution in [0.5, 0.6) is 5.75 Å². The summed E-state index contributed by atoms with van der Waals surface area (Å²) >= 11 is 2.68. The van der Waals surface area contributed by atoms with E-state index < -0.39 is 17.7 Å². The van der Waals surface area contributed by atoms with E-state index in [9.17, 15) is 24.6 Å². The van der Waals surface area contributed by atoms with Crippen molar-refractivity contribution in [2.24, 2.45) is 0 Å². The molecule has 4 N–H and O–H groups in total. The van der Waals surface area contributed by atoms with Gasteiger partial charge in [0.2, 0.25) is 17.1 Å². The highest BCUT2D eigenvalue weighted by Crippen LogP contribution is 2.53. The van der Waals surface area contributed by atoms with E-state index in [-0.39, 0.29) is 47.9 Å². The maximum absolute atomic E-state index is 13.8. The van der Waals surface area contributed by atoms with E-state index in [2.05, 4.69) is 29.5 Å². The highest BCUT2D eigenvalue weighted by atomic mass is 32.1. The van der Waals surface area contributed by atoms with Gasteiger partial charge in [-0.05, 0) is 77.5 Å². The van der Waals surface area contributed by atoms with Crippen LogP contribution in [0, 0.1) is 0 Å². The molecule has 6 heterocycles. The number of nitrogens with zero attached hydrogens (tertiary/aromatic N) is 2. The van der Waals surface area contributed by atoms with Crippen molar-refractivity contribution in [2.45, 2.75) is 99.7 Å². The average molecular weight is 932 g/mol. The minimum absolute atomic E-state index is 0.118. The van der Waals surface area contributed by atoms with Crippen LogP contribution in [0.2, 0.25) is 0 Å². The molecule has 3 aromatic carbocycles. The maximum Gasteiger partial charge on any atom is 0.349 e. The van der Waals surface area contributed by atoms with Crippen molar-refractivity contribution in [3.8, 4) is 5.75 Å². The molecule has 0 saturated carbocycles. The van der Waals surface area contributed by atoms with Gasteiger partial charge in [-0.15, -0.1) is 22.7 Å². The Morgan fingerprint density at radius 2 is 1.55 bits per heavy atom. The monoisotopic (exact) mass is 931 g/mol. The van der Waals surface area contributed by atoms with E-state index in [1.165, 1.54) is 28.7 Å².